The fourth-order valence-corrected chi connectivity index (χ4v) is 2.74. The molecule has 122 valence electrons. The van der Waals surface area contributed by atoms with Crippen LogP contribution in [-0.2, 0) is 13.0 Å². The molecular formula is C18H22N2O3. The average molecular weight is 314 g/mol. The highest BCUT2D eigenvalue weighted by molar-refractivity contribution is 5.49. The minimum absolute atomic E-state index is 0.0167. The van der Waals surface area contributed by atoms with E-state index in [9.17, 15) is 0 Å². The lowest BCUT2D eigenvalue weighted by atomic mass is 10.0. The van der Waals surface area contributed by atoms with E-state index in [1.807, 2.05) is 6.07 Å². The second kappa shape index (κ2) is 6.46. The van der Waals surface area contributed by atoms with Crippen LogP contribution < -0.4 is 14.8 Å². The Morgan fingerprint density at radius 3 is 2.91 bits per heavy atom. The minimum Gasteiger partial charge on any atom is -0.487 e. The average Bonchev–Trinajstić information content (AvgIpc) is 2.86. The number of nitrogens with one attached hydrogen (secondary N) is 1. The molecule has 0 unspecified atom stereocenters. The van der Waals surface area contributed by atoms with Crippen LogP contribution in [0.2, 0.25) is 0 Å². The number of anilines is 1. The Morgan fingerprint density at radius 2 is 2.17 bits per heavy atom. The molecule has 0 radical (unpaired) electrons. The lowest BCUT2D eigenvalue weighted by Crippen LogP contribution is -2.25. The summed E-state index contributed by atoms with van der Waals surface area (Å²) in [5, 5.41) is 12.1. The molecule has 2 N–H and O–H groups in total. The maximum absolute atomic E-state index is 8.73. The van der Waals surface area contributed by atoms with Gasteiger partial charge in [-0.05, 0) is 25.5 Å². The Labute approximate surface area is 136 Å². The van der Waals surface area contributed by atoms with E-state index < -0.39 is 0 Å². The molecule has 0 saturated heterocycles. The summed E-state index contributed by atoms with van der Waals surface area (Å²) in [7, 11) is 0. The number of ether oxygens (including phenoxy) is 2. The van der Waals surface area contributed by atoms with Crippen LogP contribution in [0.15, 0.2) is 36.5 Å². The van der Waals surface area contributed by atoms with Crippen molar-refractivity contribution in [3.63, 3.8) is 0 Å². The number of nitrogens with zero attached hydrogens (tertiary/aromatic N) is 1. The van der Waals surface area contributed by atoms with Crippen LogP contribution in [0.3, 0.4) is 0 Å². The van der Waals surface area contributed by atoms with Gasteiger partial charge in [-0.15, -0.1) is 0 Å². The van der Waals surface area contributed by atoms with E-state index >= 15 is 0 Å². The predicted molar refractivity (Wildman–Crippen MR) is 89.0 cm³/mol. The second-order valence-corrected chi connectivity index (χ2v) is 6.25. The summed E-state index contributed by atoms with van der Waals surface area (Å²) in [4.78, 5) is 4.20. The number of hydrogen-bond acceptors (Lipinski definition) is 5. The molecule has 0 atom stereocenters. The molecule has 1 aromatic heterocycles. The fraction of sp³-hybridized carbons (Fsp3) is 0.389. The maximum Gasteiger partial charge on any atom is 0.213 e. The summed E-state index contributed by atoms with van der Waals surface area (Å²) < 4.78 is 11.3. The molecule has 2 heterocycles. The molecule has 0 saturated carbocycles. The van der Waals surface area contributed by atoms with Crippen LogP contribution in [-0.4, -0.2) is 28.9 Å². The summed E-state index contributed by atoms with van der Waals surface area (Å²) in [6.07, 6.45) is 2.66. The van der Waals surface area contributed by atoms with Gasteiger partial charge in [0.1, 0.15) is 18.0 Å². The first kappa shape index (κ1) is 15.6. The van der Waals surface area contributed by atoms with Gasteiger partial charge in [0.15, 0.2) is 0 Å². The molecule has 1 aliphatic heterocycles. The van der Waals surface area contributed by atoms with E-state index in [0.29, 0.717) is 12.4 Å². The number of aliphatic hydroxyl groups is 1. The third-order valence-corrected chi connectivity index (χ3v) is 3.73. The molecule has 0 bridgehead atoms. The van der Waals surface area contributed by atoms with E-state index in [2.05, 4.69) is 42.3 Å². The summed E-state index contributed by atoms with van der Waals surface area (Å²) in [6, 6.07) is 9.98. The summed E-state index contributed by atoms with van der Waals surface area (Å²) in [6.45, 7) is 5.14. The summed E-state index contributed by atoms with van der Waals surface area (Å²) >= 11 is 0. The van der Waals surface area contributed by atoms with Gasteiger partial charge >= 0.3 is 0 Å². The molecular weight excluding hydrogens is 292 g/mol. The van der Waals surface area contributed by atoms with E-state index in [0.717, 1.165) is 23.4 Å². The second-order valence-electron chi connectivity index (χ2n) is 6.25. The SMILES string of the molecule is CC1(C)Cc2cccc(CNc3ccc(OCCO)nc3)c2O1. The van der Waals surface area contributed by atoms with Gasteiger partial charge < -0.3 is 19.9 Å². The number of pyridine rings is 1. The molecule has 2 aromatic rings. The number of aromatic nitrogens is 1. The Morgan fingerprint density at radius 1 is 1.30 bits per heavy atom. The lowest BCUT2D eigenvalue weighted by molar-refractivity contribution is 0.137. The quantitative estimate of drug-likeness (QED) is 0.858. The van der Waals surface area contributed by atoms with Crippen LogP contribution in [0.1, 0.15) is 25.0 Å². The third kappa shape index (κ3) is 3.74. The van der Waals surface area contributed by atoms with Crippen molar-refractivity contribution < 1.29 is 14.6 Å². The summed E-state index contributed by atoms with van der Waals surface area (Å²) in [5.41, 5.74) is 3.19. The number of fused-ring (bicyclic) bond motifs is 1. The molecule has 0 fully saturated rings. The number of benzene rings is 1. The highest BCUT2D eigenvalue weighted by atomic mass is 16.5. The first-order valence-corrected chi connectivity index (χ1v) is 7.81. The zero-order valence-electron chi connectivity index (χ0n) is 13.5. The van der Waals surface area contributed by atoms with Crippen LogP contribution in [0.5, 0.6) is 11.6 Å². The van der Waals surface area contributed by atoms with Crippen LogP contribution in [0, 0.1) is 0 Å². The molecule has 0 aliphatic carbocycles. The molecule has 1 aromatic carbocycles. The van der Waals surface area contributed by atoms with Gasteiger partial charge in [-0.25, -0.2) is 4.98 Å². The highest BCUT2D eigenvalue weighted by Gasteiger charge is 2.31. The standard InChI is InChI=1S/C18H22N2O3/c1-18(2)10-13-4-3-5-14(17(13)23-18)11-19-15-6-7-16(20-12-15)22-9-8-21/h3-7,12,19,21H,8-11H2,1-2H3. The Balaban J connectivity index is 1.65. The molecule has 5 heteroatoms. The normalized spacial score (nSPS) is 14.9. The van der Waals surface area contributed by atoms with Crippen molar-refractivity contribution in [2.45, 2.75) is 32.4 Å². The molecule has 1 aliphatic rings. The van der Waals surface area contributed by atoms with Crippen LogP contribution in [0.25, 0.3) is 0 Å². The number of hydrogen-bond donors (Lipinski definition) is 2. The largest absolute Gasteiger partial charge is 0.487 e. The van der Waals surface area contributed by atoms with Gasteiger partial charge in [0.25, 0.3) is 0 Å². The van der Waals surface area contributed by atoms with Gasteiger partial charge in [-0.3, -0.25) is 0 Å². The molecule has 3 rings (SSSR count). The Kier molecular flexibility index (Phi) is 4.39. The maximum atomic E-state index is 8.73. The number of para-hydroxylation sites is 1. The molecule has 5 nitrogen and oxygen atoms in total. The molecule has 0 spiro atoms. The first-order valence-electron chi connectivity index (χ1n) is 7.81. The predicted octanol–water partition coefficient (Wildman–Crippen LogP) is 2.78. The van der Waals surface area contributed by atoms with Crippen molar-refractivity contribution >= 4 is 5.69 Å². The van der Waals surface area contributed by atoms with Crippen LogP contribution >= 0.6 is 0 Å². The van der Waals surface area contributed by atoms with E-state index in [-0.39, 0.29) is 18.8 Å². The summed E-state index contributed by atoms with van der Waals surface area (Å²) in [5.74, 6) is 1.51. The van der Waals surface area contributed by atoms with Gasteiger partial charge in [-0.1, -0.05) is 18.2 Å². The van der Waals surface area contributed by atoms with Gasteiger partial charge in [-0.2, -0.15) is 0 Å². The van der Waals surface area contributed by atoms with Crippen molar-refractivity contribution in [2.75, 3.05) is 18.5 Å². The van der Waals surface area contributed by atoms with Crippen molar-refractivity contribution in [3.8, 4) is 11.6 Å². The monoisotopic (exact) mass is 314 g/mol. The Bertz CT molecular complexity index is 668. The number of rotatable bonds is 6. The zero-order valence-corrected chi connectivity index (χ0v) is 13.5. The zero-order chi connectivity index (χ0) is 16.3. The van der Waals surface area contributed by atoms with E-state index in [4.69, 9.17) is 14.6 Å². The number of aliphatic hydroxyl groups excluding tert-OH is 1. The van der Waals surface area contributed by atoms with E-state index in [1.54, 1.807) is 12.3 Å². The molecule has 0 amide bonds. The van der Waals surface area contributed by atoms with Crippen molar-refractivity contribution in [2.24, 2.45) is 0 Å². The van der Waals surface area contributed by atoms with Crippen molar-refractivity contribution in [3.05, 3.63) is 47.7 Å². The lowest BCUT2D eigenvalue weighted by Gasteiger charge is -2.18. The van der Waals surface area contributed by atoms with Gasteiger partial charge in [0.05, 0.1) is 18.5 Å². The van der Waals surface area contributed by atoms with Crippen molar-refractivity contribution in [1.82, 2.24) is 4.98 Å². The minimum atomic E-state index is -0.133. The smallest absolute Gasteiger partial charge is 0.213 e. The first-order chi connectivity index (χ1) is 11.1. The van der Waals surface area contributed by atoms with Gasteiger partial charge in [0, 0.05) is 24.6 Å². The fourth-order valence-electron chi connectivity index (χ4n) is 2.74. The third-order valence-electron chi connectivity index (χ3n) is 3.73. The van der Waals surface area contributed by atoms with E-state index in [1.165, 1.54) is 5.56 Å². The van der Waals surface area contributed by atoms with Gasteiger partial charge in [0.2, 0.25) is 5.88 Å². The Hall–Kier alpha value is -2.27. The van der Waals surface area contributed by atoms with Crippen LogP contribution in [0.4, 0.5) is 5.69 Å². The highest BCUT2D eigenvalue weighted by Crippen LogP contribution is 2.37. The topological polar surface area (TPSA) is 63.6 Å². The van der Waals surface area contributed by atoms with Crippen molar-refractivity contribution in [1.29, 1.82) is 0 Å². The molecule has 23 heavy (non-hydrogen) atoms.